The Labute approximate surface area is 154 Å². The molecule has 9 heteroatoms. The second-order valence-corrected chi connectivity index (χ2v) is 8.39. The number of halogens is 2. The number of sulfonamides is 1. The van der Waals surface area contributed by atoms with Crippen molar-refractivity contribution in [1.82, 2.24) is 14.5 Å². The van der Waals surface area contributed by atoms with Gasteiger partial charge in [-0.2, -0.15) is 4.31 Å². The highest BCUT2D eigenvalue weighted by Crippen LogP contribution is 2.31. The zero-order valence-corrected chi connectivity index (χ0v) is 16.3. The van der Waals surface area contributed by atoms with Crippen molar-refractivity contribution in [3.8, 4) is 0 Å². The molecule has 0 radical (unpaired) electrons. The van der Waals surface area contributed by atoms with Gasteiger partial charge in [-0.25, -0.2) is 8.42 Å². The number of hydrogen-bond donors (Lipinski definition) is 1. The first-order chi connectivity index (χ1) is 10.8. The summed E-state index contributed by atoms with van der Waals surface area (Å²) in [7, 11) is -0.670. The van der Waals surface area contributed by atoms with E-state index in [4.69, 9.17) is 11.6 Å². The molecule has 1 heterocycles. The maximum atomic E-state index is 12.9. The predicted molar refractivity (Wildman–Crippen MR) is 98.1 cm³/mol. The number of carbonyl (C=O) groups excluding carboxylic acids is 1. The highest BCUT2D eigenvalue weighted by molar-refractivity contribution is 7.90. The number of amides is 1. The van der Waals surface area contributed by atoms with Crippen molar-refractivity contribution in [3.63, 3.8) is 0 Å². The van der Waals surface area contributed by atoms with E-state index in [0.717, 1.165) is 5.56 Å². The summed E-state index contributed by atoms with van der Waals surface area (Å²) in [5, 5.41) is 2.59. The monoisotopic (exact) mass is 395 g/mol. The smallest absolute Gasteiger partial charge is 0.241 e. The van der Waals surface area contributed by atoms with Crippen LogP contribution in [0.2, 0.25) is 5.02 Å². The normalized spacial score (nSPS) is 20.1. The van der Waals surface area contributed by atoms with E-state index in [1.807, 2.05) is 12.1 Å². The minimum absolute atomic E-state index is 0. The molecule has 1 N–H and O–H groups in total. The van der Waals surface area contributed by atoms with Crippen LogP contribution in [0.15, 0.2) is 24.3 Å². The highest BCUT2D eigenvalue weighted by atomic mass is 35.5. The standard InChI is InChI=1S/C15H22ClN3O3S.ClH/c1-11(15(20)18(2)3)23(21,22)19-9-8-17-10-14(19)12-6-4-5-7-13(12)16;/h4-7,11,14,17H,8-10H2,1-3H3;1H. The molecule has 1 aliphatic rings. The van der Waals surface area contributed by atoms with Crippen molar-refractivity contribution in [2.75, 3.05) is 33.7 Å². The van der Waals surface area contributed by atoms with Crippen LogP contribution in [-0.2, 0) is 14.8 Å². The number of benzene rings is 1. The van der Waals surface area contributed by atoms with E-state index in [0.29, 0.717) is 24.7 Å². The molecule has 2 unspecified atom stereocenters. The summed E-state index contributed by atoms with van der Waals surface area (Å²) < 4.78 is 27.3. The quantitative estimate of drug-likeness (QED) is 0.838. The molecule has 0 spiro atoms. The highest BCUT2D eigenvalue weighted by Gasteiger charge is 2.40. The van der Waals surface area contributed by atoms with Crippen molar-refractivity contribution >= 4 is 39.9 Å². The fourth-order valence-electron chi connectivity index (χ4n) is 2.69. The van der Waals surface area contributed by atoms with Gasteiger partial charge in [-0.3, -0.25) is 4.79 Å². The van der Waals surface area contributed by atoms with Crippen LogP contribution < -0.4 is 5.32 Å². The molecule has 2 rings (SSSR count). The Bertz CT molecular complexity index is 682. The van der Waals surface area contributed by atoms with E-state index >= 15 is 0 Å². The van der Waals surface area contributed by atoms with Crippen LogP contribution in [-0.4, -0.2) is 62.5 Å². The molecule has 136 valence electrons. The Balaban J connectivity index is 0.00000288. The summed E-state index contributed by atoms with van der Waals surface area (Å²) in [6, 6.07) is 6.78. The molecule has 1 aliphatic heterocycles. The van der Waals surface area contributed by atoms with Gasteiger partial charge < -0.3 is 10.2 Å². The number of rotatable bonds is 4. The van der Waals surface area contributed by atoms with Crippen LogP contribution in [0.5, 0.6) is 0 Å². The number of hydrogen-bond acceptors (Lipinski definition) is 4. The molecule has 6 nitrogen and oxygen atoms in total. The van der Waals surface area contributed by atoms with E-state index in [1.165, 1.54) is 16.1 Å². The third-order valence-corrected chi connectivity index (χ3v) is 6.55. The Morgan fingerprint density at radius 3 is 2.58 bits per heavy atom. The second kappa shape index (κ2) is 8.49. The lowest BCUT2D eigenvalue weighted by molar-refractivity contribution is -0.128. The van der Waals surface area contributed by atoms with E-state index < -0.39 is 27.2 Å². The lowest BCUT2D eigenvalue weighted by atomic mass is 10.1. The first-order valence-corrected chi connectivity index (χ1v) is 9.32. The molecule has 0 bridgehead atoms. The fraction of sp³-hybridized carbons (Fsp3) is 0.533. The Morgan fingerprint density at radius 1 is 1.38 bits per heavy atom. The fourth-order valence-corrected chi connectivity index (χ4v) is 4.72. The van der Waals surface area contributed by atoms with Crippen LogP contribution >= 0.6 is 24.0 Å². The molecule has 0 saturated carbocycles. The van der Waals surface area contributed by atoms with Crippen molar-refractivity contribution < 1.29 is 13.2 Å². The molecule has 24 heavy (non-hydrogen) atoms. The average molecular weight is 396 g/mol. The van der Waals surface area contributed by atoms with Crippen LogP contribution in [0.25, 0.3) is 0 Å². The summed E-state index contributed by atoms with van der Waals surface area (Å²) in [5.41, 5.74) is 0.745. The van der Waals surface area contributed by atoms with E-state index in [9.17, 15) is 13.2 Å². The summed E-state index contributed by atoms with van der Waals surface area (Å²) in [6.07, 6.45) is 0. The van der Waals surface area contributed by atoms with Gasteiger partial charge in [-0.1, -0.05) is 29.8 Å². The van der Waals surface area contributed by atoms with Gasteiger partial charge in [0.2, 0.25) is 15.9 Å². The Morgan fingerprint density at radius 2 is 2.00 bits per heavy atom. The molecule has 1 aromatic carbocycles. The van der Waals surface area contributed by atoms with Crippen LogP contribution in [0.3, 0.4) is 0 Å². The van der Waals surface area contributed by atoms with Gasteiger partial charge in [0.15, 0.2) is 5.25 Å². The molecule has 1 amide bonds. The third-order valence-electron chi connectivity index (χ3n) is 4.02. The Hall–Kier alpha value is -0.860. The minimum Gasteiger partial charge on any atom is -0.348 e. The predicted octanol–water partition coefficient (Wildman–Crippen LogP) is 1.51. The summed E-state index contributed by atoms with van der Waals surface area (Å²) in [5.74, 6) is -0.429. The SMILES string of the molecule is CC(C(=O)N(C)C)S(=O)(=O)N1CCNCC1c1ccccc1Cl.Cl. The third kappa shape index (κ3) is 4.21. The first-order valence-electron chi connectivity index (χ1n) is 7.43. The maximum absolute atomic E-state index is 12.9. The molecular formula is C15H23Cl2N3O3S. The van der Waals surface area contributed by atoms with Crippen molar-refractivity contribution in [2.24, 2.45) is 0 Å². The van der Waals surface area contributed by atoms with Gasteiger partial charge in [0.1, 0.15) is 0 Å². The lowest BCUT2D eigenvalue weighted by Gasteiger charge is -2.37. The number of carbonyl (C=O) groups is 1. The molecule has 1 fully saturated rings. The van der Waals surface area contributed by atoms with Gasteiger partial charge in [-0.15, -0.1) is 12.4 Å². The van der Waals surface area contributed by atoms with Gasteiger partial charge in [-0.05, 0) is 18.6 Å². The van der Waals surface area contributed by atoms with Crippen LogP contribution in [0.4, 0.5) is 0 Å². The first kappa shape index (κ1) is 21.2. The van der Waals surface area contributed by atoms with Gasteiger partial charge >= 0.3 is 0 Å². The molecule has 1 saturated heterocycles. The van der Waals surface area contributed by atoms with Crippen LogP contribution in [0.1, 0.15) is 18.5 Å². The van der Waals surface area contributed by atoms with E-state index in [2.05, 4.69) is 5.32 Å². The van der Waals surface area contributed by atoms with Gasteiger partial charge in [0.05, 0.1) is 6.04 Å². The van der Waals surface area contributed by atoms with Gasteiger partial charge in [0.25, 0.3) is 0 Å². The van der Waals surface area contributed by atoms with Crippen molar-refractivity contribution in [2.45, 2.75) is 18.2 Å². The Kier molecular flexibility index (Phi) is 7.49. The van der Waals surface area contributed by atoms with E-state index in [1.54, 1.807) is 26.2 Å². The maximum Gasteiger partial charge on any atom is 0.241 e. The van der Waals surface area contributed by atoms with Crippen molar-refractivity contribution in [3.05, 3.63) is 34.9 Å². The molecule has 1 aromatic rings. The minimum atomic E-state index is -3.78. The topological polar surface area (TPSA) is 69.7 Å². The van der Waals surface area contributed by atoms with E-state index in [-0.39, 0.29) is 12.4 Å². The van der Waals surface area contributed by atoms with Crippen molar-refractivity contribution in [1.29, 1.82) is 0 Å². The zero-order valence-electron chi connectivity index (χ0n) is 13.9. The average Bonchev–Trinajstić information content (AvgIpc) is 2.53. The molecule has 2 atom stereocenters. The summed E-state index contributed by atoms with van der Waals surface area (Å²) in [6.45, 7) is 2.75. The molecule has 0 aromatic heterocycles. The second-order valence-electron chi connectivity index (χ2n) is 5.77. The zero-order chi connectivity index (χ0) is 17.2. The number of nitrogens with zero attached hydrogens (tertiary/aromatic N) is 2. The molecular weight excluding hydrogens is 373 g/mol. The summed E-state index contributed by atoms with van der Waals surface area (Å²) in [4.78, 5) is 13.4. The lowest BCUT2D eigenvalue weighted by Crippen LogP contribution is -2.53. The summed E-state index contributed by atoms with van der Waals surface area (Å²) >= 11 is 6.24. The number of nitrogens with one attached hydrogen (secondary N) is 1. The number of piperazine rings is 1. The largest absolute Gasteiger partial charge is 0.348 e. The van der Waals surface area contributed by atoms with Crippen LogP contribution in [0, 0.1) is 0 Å². The van der Waals surface area contributed by atoms with Gasteiger partial charge in [0, 0.05) is 38.8 Å². The molecule has 0 aliphatic carbocycles.